The molecule has 0 aromatic heterocycles. The van der Waals surface area contributed by atoms with E-state index in [4.69, 9.17) is 20.0 Å². The molecule has 4 atom stereocenters. The van der Waals surface area contributed by atoms with Crippen molar-refractivity contribution in [2.45, 2.75) is 51.7 Å². The molecule has 2 fully saturated rings. The molecule has 10 heteroatoms. The van der Waals surface area contributed by atoms with Gasteiger partial charge in [0, 0.05) is 26.2 Å². The van der Waals surface area contributed by atoms with E-state index in [-0.39, 0.29) is 23.8 Å². The summed E-state index contributed by atoms with van der Waals surface area (Å²) >= 11 is 0. The van der Waals surface area contributed by atoms with Crippen LogP contribution in [0.25, 0.3) is 0 Å². The molecule has 2 saturated heterocycles. The summed E-state index contributed by atoms with van der Waals surface area (Å²) in [7, 11) is 0. The highest BCUT2D eigenvalue weighted by atomic mass is 16.5. The largest absolute Gasteiger partial charge is 0.466 e. The molecule has 0 aliphatic carbocycles. The van der Waals surface area contributed by atoms with Gasteiger partial charge in [0.25, 0.3) is 0 Å². The second-order valence-corrected chi connectivity index (χ2v) is 11.2. The highest BCUT2D eigenvalue weighted by molar-refractivity contribution is 5.73. The van der Waals surface area contributed by atoms with Crippen molar-refractivity contribution in [3.63, 3.8) is 0 Å². The molecule has 236 valence electrons. The Labute approximate surface area is 260 Å². The number of hydrogen-bond donors (Lipinski definition) is 2. The molecule has 0 saturated carbocycles. The molecule has 0 bridgehead atoms. The van der Waals surface area contributed by atoms with E-state index in [0.29, 0.717) is 50.5 Å². The topological polar surface area (TPSA) is 147 Å². The van der Waals surface area contributed by atoms with Gasteiger partial charge in [0.05, 0.1) is 60.5 Å². The standard InChI is InChI=1S/2C17H22N2O3/c2*1-2-22-17(21)15-4-3-9-19(11-15)12-16(20)14-7-5-13(10-18)6-8-14/h2*5-8,15-16,20H,2-4,9,11-12H2,1H3/t15-,16+;15-,16-/m00/s1. The third-order valence-corrected chi connectivity index (χ3v) is 7.96. The number of aliphatic hydroxyl groups is 2. The van der Waals surface area contributed by atoms with Crippen molar-refractivity contribution in [1.82, 2.24) is 9.80 Å². The second kappa shape index (κ2) is 18.1. The maximum atomic E-state index is 11.8. The molecule has 10 nitrogen and oxygen atoms in total. The molecule has 0 unspecified atom stereocenters. The number of piperidine rings is 2. The predicted octanol–water partition coefficient (Wildman–Crippen LogP) is 3.73. The lowest BCUT2D eigenvalue weighted by molar-refractivity contribution is -0.151. The molecule has 2 heterocycles. The van der Waals surface area contributed by atoms with Gasteiger partial charge in [0.15, 0.2) is 0 Å². The van der Waals surface area contributed by atoms with Gasteiger partial charge < -0.3 is 19.7 Å². The predicted molar refractivity (Wildman–Crippen MR) is 164 cm³/mol. The minimum Gasteiger partial charge on any atom is -0.466 e. The summed E-state index contributed by atoms with van der Waals surface area (Å²) in [6.45, 7) is 8.43. The van der Waals surface area contributed by atoms with E-state index < -0.39 is 12.2 Å². The van der Waals surface area contributed by atoms with Crippen molar-refractivity contribution in [1.29, 1.82) is 10.5 Å². The normalized spacial score (nSPS) is 20.1. The first-order valence-corrected chi connectivity index (χ1v) is 15.4. The molecule has 0 spiro atoms. The lowest BCUT2D eigenvalue weighted by Gasteiger charge is -2.32. The van der Waals surface area contributed by atoms with Gasteiger partial charge in [-0.3, -0.25) is 19.4 Å². The summed E-state index contributed by atoms with van der Waals surface area (Å²) in [6.07, 6.45) is 2.33. The summed E-state index contributed by atoms with van der Waals surface area (Å²) in [5.41, 5.74) is 2.74. The van der Waals surface area contributed by atoms with Crippen LogP contribution >= 0.6 is 0 Å². The average Bonchev–Trinajstić information content (AvgIpc) is 3.05. The summed E-state index contributed by atoms with van der Waals surface area (Å²) in [6, 6.07) is 18.0. The van der Waals surface area contributed by atoms with E-state index in [1.165, 1.54) is 0 Å². The van der Waals surface area contributed by atoms with Crippen LogP contribution in [0.3, 0.4) is 0 Å². The van der Waals surface area contributed by atoms with Crippen LogP contribution in [0.2, 0.25) is 0 Å². The smallest absolute Gasteiger partial charge is 0.310 e. The SMILES string of the molecule is CCOC(=O)[C@H]1CCCN(C[C@@H](O)c2ccc(C#N)cc2)C1.CCOC(=O)[C@H]1CCCN(C[C@H](O)c2ccc(C#N)cc2)C1. The van der Waals surface area contributed by atoms with Crippen LogP contribution in [0, 0.1) is 34.5 Å². The Balaban J connectivity index is 0.000000240. The van der Waals surface area contributed by atoms with Crippen LogP contribution in [-0.2, 0) is 19.1 Å². The third kappa shape index (κ3) is 10.7. The first-order valence-electron chi connectivity index (χ1n) is 15.4. The number of nitriles is 2. The number of rotatable bonds is 10. The van der Waals surface area contributed by atoms with Gasteiger partial charge in [0.2, 0.25) is 0 Å². The number of ether oxygens (including phenoxy) is 2. The van der Waals surface area contributed by atoms with E-state index in [0.717, 1.165) is 49.9 Å². The molecule has 0 amide bonds. The molecule has 2 aliphatic rings. The molecule has 0 radical (unpaired) electrons. The maximum absolute atomic E-state index is 11.8. The number of benzene rings is 2. The van der Waals surface area contributed by atoms with Crippen molar-refractivity contribution < 1.29 is 29.3 Å². The van der Waals surface area contributed by atoms with E-state index >= 15 is 0 Å². The average molecular weight is 605 g/mol. The molecular formula is C34H44N4O6. The van der Waals surface area contributed by atoms with E-state index in [2.05, 4.69) is 21.9 Å². The van der Waals surface area contributed by atoms with Crippen LogP contribution in [-0.4, -0.2) is 84.4 Å². The first-order chi connectivity index (χ1) is 21.3. The lowest BCUT2D eigenvalue weighted by Crippen LogP contribution is -2.41. The molecule has 4 rings (SSSR count). The van der Waals surface area contributed by atoms with Crippen molar-refractivity contribution in [3.05, 3.63) is 70.8 Å². The van der Waals surface area contributed by atoms with Crippen LogP contribution in [0.15, 0.2) is 48.5 Å². The summed E-state index contributed by atoms with van der Waals surface area (Å²) in [5, 5.41) is 38.2. The van der Waals surface area contributed by atoms with Gasteiger partial charge >= 0.3 is 11.9 Å². The highest BCUT2D eigenvalue weighted by Crippen LogP contribution is 2.23. The number of carbonyl (C=O) groups is 2. The quantitative estimate of drug-likeness (QED) is 0.385. The van der Waals surface area contributed by atoms with Gasteiger partial charge in [-0.2, -0.15) is 10.5 Å². The summed E-state index contributed by atoms with van der Waals surface area (Å²) in [5.74, 6) is -0.469. The zero-order valence-corrected chi connectivity index (χ0v) is 25.7. The van der Waals surface area contributed by atoms with Crippen LogP contribution in [0.4, 0.5) is 0 Å². The number of hydrogen-bond acceptors (Lipinski definition) is 10. The monoisotopic (exact) mass is 604 g/mol. The van der Waals surface area contributed by atoms with E-state index in [1.807, 2.05) is 13.8 Å². The second-order valence-electron chi connectivity index (χ2n) is 11.2. The molecule has 2 N–H and O–H groups in total. The molecule has 44 heavy (non-hydrogen) atoms. The zero-order valence-electron chi connectivity index (χ0n) is 25.7. The Morgan fingerprint density at radius 3 is 1.43 bits per heavy atom. The number of nitrogens with zero attached hydrogens (tertiary/aromatic N) is 4. The number of esters is 2. The fraction of sp³-hybridized carbons (Fsp3) is 0.529. The molecule has 2 aromatic rings. The highest BCUT2D eigenvalue weighted by Gasteiger charge is 2.29. The number of aliphatic hydroxyl groups excluding tert-OH is 2. The molecular weight excluding hydrogens is 560 g/mol. The molecule has 2 aliphatic heterocycles. The van der Waals surface area contributed by atoms with Gasteiger partial charge in [-0.05, 0) is 88.0 Å². The van der Waals surface area contributed by atoms with Gasteiger partial charge in [-0.15, -0.1) is 0 Å². The van der Waals surface area contributed by atoms with Crippen molar-refractivity contribution in [2.24, 2.45) is 11.8 Å². The van der Waals surface area contributed by atoms with Gasteiger partial charge in [0.1, 0.15) is 0 Å². The zero-order chi connectivity index (χ0) is 31.9. The van der Waals surface area contributed by atoms with Crippen molar-refractivity contribution in [2.75, 3.05) is 52.5 Å². The van der Waals surface area contributed by atoms with Gasteiger partial charge in [-0.25, -0.2) is 0 Å². The maximum Gasteiger partial charge on any atom is 0.310 e. The lowest BCUT2D eigenvalue weighted by atomic mass is 9.97. The Bertz CT molecular complexity index is 1170. The Morgan fingerprint density at radius 2 is 1.11 bits per heavy atom. The summed E-state index contributed by atoms with van der Waals surface area (Å²) < 4.78 is 10.2. The summed E-state index contributed by atoms with van der Waals surface area (Å²) in [4.78, 5) is 27.9. The Hall–Kier alpha value is -3.80. The molecule has 2 aromatic carbocycles. The fourth-order valence-corrected chi connectivity index (χ4v) is 5.61. The van der Waals surface area contributed by atoms with Gasteiger partial charge in [-0.1, -0.05) is 24.3 Å². The number of likely N-dealkylation sites (tertiary alicyclic amines) is 2. The minimum atomic E-state index is -0.617. The van der Waals surface area contributed by atoms with Crippen molar-refractivity contribution >= 4 is 11.9 Å². The van der Waals surface area contributed by atoms with Crippen molar-refractivity contribution in [3.8, 4) is 12.1 Å². The fourth-order valence-electron chi connectivity index (χ4n) is 5.61. The van der Waals surface area contributed by atoms with E-state index in [1.54, 1.807) is 48.5 Å². The number of carbonyl (C=O) groups excluding carboxylic acids is 2. The number of β-amino-alcohol motifs (C(OH)–C–C–N with tert-alkyl or cyclic N) is 2. The van der Waals surface area contributed by atoms with Crippen LogP contribution in [0.5, 0.6) is 0 Å². The first kappa shape index (κ1) is 34.7. The van der Waals surface area contributed by atoms with E-state index in [9.17, 15) is 19.8 Å². The minimum absolute atomic E-state index is 0.0955. The van der Waals surface area contributed by atoms with Crippen LogP contribution < -0.4 is 0 Å². The van der Waals surface area contributed by atoms with Crippen LogP contribution in [0.1, 0.15) is 74.0 Å². The third-order valence-electron chi connectivity index (χ3n) is 7.96. The Kier molecular flexibility index (Phi) is 14.3. The Morgan fingerprint density at radius 1 is 0.750 bits per heavy atom.